The first kappa shape index (κ1) is 16.3. The van der Waals surface area contributed by atoms with Crippen molar-refractivity contribution in [3.63, 3.8) is 0 Å². The molecule has 0 saturated heterocycles. The molecule has 0 fully saturated rings. The molecular formula is C28H15BN4. The predicted molar refractivity (Wildman–Crippen MR) is 135 cm³/mol. The van der Waals surface area contributed by atoms with Crippen molar-refractivity contribution in [3.8, 4) is 22.3 Å². The second-order valence-electron chi connectivity index (χ2n) is 9.09. The quantitative estimate of drug-likeness (QED) is 0.353. The van der Waals surface area contributed by atoms with E-state index in [-0.39, 0.29) is 6.85 Å². The third kappa shape index (κ3) is 1.69. The van der Waals surface area contributed by atoms with Crippen LogP contribution >= 0.6 is 0 Å². The zero-order chi connectivity index (χ0) is 21.3. The lowest BCUT2D eigenvalue weighted by Crippen LogP contribution is -2.58. The van der Waals surface area contributed by atoms with Crippen molar-refractivity contribution in [3.05, 3.63) is 91.5 Å². The standard InChI is InChI=1S/C28H15BN4/c1-2-6-16(7-3-1)32-23-14-30-12-21-19-10-4-8-17-18-9-5-11-20-22-13-31-15-24(32)26(22)29(25(21)23)33(27(17)19)28(18)20/h1-15H. The Balaban J connectivity index is 1.58. The molecule has 0 radical (unpaired) electrons. The van der Waals surface area contributed by atoms with Crippen molar-refractivity contribution in [2.45, 2.75) is 0 Å². The van der Waals surface area contributed by atoms with E-state index in [1.165, 1.54) is 55.0 Å². The Morgan fingerprint density at radius 3 is 1.70 bits per heavy atom. The van der Waals surface area contributed by atoms with E-state index >= 15 is 0 Å². The Kier molecular flexibility index (Phi) is 2.63. The van der Waals surface area contributed by atoms with Gasteiger partial charge in [-0.3, -0.25) is 9.97 Å². The lowest BCUT2D eigenvalue weighted by Gasteiger charge is -2.42. The summed E-state index contributed by atoms with van der Waals surface area (Å²) in [5, 5.41) is 2.63. The fourth-order valence-electron chi connectivity index (χ4n) is 6.51. The van der Waals surface area contributed by atoms with Crippen LogP contribution in [0.4, 0.5) is 17.1 Å². The summed E-state index contributed by atoms with van der Waals surface area (Å²) in [7, 11) is 0. The third-order valence-corrected chi connectivity index (χ3v) is 7.66. The lowest BCUT2D eigenvalue weighted by atomic mass is 9.43. The second kappa shape index (κ2) is 5.33. The van der Waals surface area contributed by atoms with Crippen LogP contribution in [0.5, 0.6) is 0 Å². The van der Waals surface area contributed by atoms with E-state index in [0.717, 1.165) is 17.1 Å². The van der Waals surface area contributed by atoms with Crippen LogP contribution in [-0.2, 0) is 0 Å². The van der Waals surface area contributed by atoms with Gasteiger partial charge in [-0.05, 0) is 23.1 Å². The summed E-state index contributed by atoms with van der Waals surface area (Å²) in [6, 6.07) is 24.0. The van der Waals surface area contributed by atoms with Gasteiger partial charge in [-0.25, -0.2) is 0 Å². The molecule has 0 atom stereocenters. The smallest absolute Gasteiger partial charge is 0.333 e. The van der Waals surface area contributed by atoms with Gasteiger partial charge in [0.05, 0.1) is 23.8 Å². The van der Waals surface area contributed by atoms with Gasteiger partial charge in [-0.2, -0.15) is 0 Å². The molecule has 0 unspecified atom stereocenters. The Hall–Kier alpha value is -4.38. The molecule has 0 N–H and O–H groups in total. The maximum atomic E-state index is 4.74. The molecule has 0 amide bonds. The van der Waals surface area contributed by atoms with Gasteiger partial charge in [0.15, 0.2) is 0 Å². The van der Waals surface area contributed by atoms with Crippen LogP contribution in [0.25, 0.3) is 44.1 Å². The van der Waals surface area contributed by atoms with Gasteiger partial charge in [0.25, 0.3) is 0 Å². The van der Waals surface area contributed by atoms with E-state index in [1.54, 1.807) is 0 Å². The number of anilines is 3. The van der Waals surface area contributed by atoms with Crippen LogP contribution in [0.15, 0.2) is 91.5 Å². The summed E-state index contributed by atoms with van der Waals surface area (Å²) in [5.41, 5.74) is 13.7. The van der Waals surface area contributed by atoms with Crippen molar-refractivity contribution in [2.75, 3.05) is 4.90 Å². The molecule has 9 rings (SSSR count). The number of pyridine rings is 2. The number of nitrogens with zero attached hydrogens (tertiary/aromatic N) is 4. The van der Waals surface area contributed by atoms with Crippen LogP contribution in [0.2, 0.25) is 0 Å². The van der Waals surface area contributed by atoms with Crippen molar-refractivity contribution in [1.82, 2.24) is 14.4 Å². The molecule has 0 bridgehead atoms. The first-order chi connectivity index (χ1) is 16.4. The van der Waals surface area contributed by atoms with Gasteiger partial charge in [0, 0.05) is 62.1 Å². The van der Waals surface area contributed by atoms with Crippen molar-refractivity contribution in [1.29, 1.82) is 0 Å². The molecule has 3 aromatic carbocycles. The summed E-state index contributed by atoms with van der Waals surface area (Å²) < 4.78 is 2.59. The van der Waals surface area contributed by atoms with Crippen molar-refractivity contribution >= 4 is 56.6 Å². The summed E-state index contributed by atoms with van der Waals surface area (Å²) in [4.78, 5) is 11.8. The number of benzene rings is 3. The highest BCUT2D eigenvalue weighted by Gasteiger charge is 2.46. The molecule has 3 aromatic heterocycles. The normalized spacial score (nSPS) is 13.9. The SMILES string of the molecule is c1ccc(N2c3cncc4c3B3c5c(cncc52)-c2cccc5c6cccc-4c6n3c25)cc1. The van der Waals surface area contributed by atoms with Gasteiger partial charge in [-0.15, -0.1) is 0 Å². The molecule has 33 heavy (non-hydrogen) atoms. The Labute approximate surface area is 189 Å². The molecule has 0 spiro atoms. The molecule has 5 heteroatoms. The molecule has 0 saturated carbocycles. The van der Waals surface area contributed by atoms with Gasteiger partial charge in [0.1, 0.15) is 0 Å². The zero-order valence-corrected chi connectivity index (χ0v) is 17.5. The van der Waals surface area contributed by atoms with Crippen LogP contribution in [0, 0.1) is 0 Å². The Bertz CT molecular complexity index is 1720. The largest absolute Gasteiger partial charge is 0.375 e. The highest BCUT2D eigenvalue weighted by Crippen LogP contribution is 2.48. The summed E-state index contributed by atoms with van der Waals surface area (Å²) in [6.07, 6.45) is 8.15. The molecule has 3 aliphatic rings. The van der Waals surface area contributed by atoms with Gasteiger partial charge < -0.3 is 9.38 Å². The molecule has 6 heterocycles. The van der Waals surface area contributed by atoms with E-state index < -0.39 is 0 Å². The number of para-hydroxylation sites is 3. The Morgan fingerprint density at radius 2 is 1.12 bits per heavy atom. The minimum Gasteiger partial charge on any atom is -0.375 e. The van der Waals surface area contributed by atoms with Crippen LogP contribution in [0.1, 0.15) is 0 Å². The Morgan fingerprint density at radius 1 is 0.545 bits per heavy atom. The van der Waals surface area contributed by atoms with E-state index in [1.807, 2.05) is 12.4 Å². The fourth-order valence-corrected chi connectivity index (χ4v) is 6.51. The lowest BCUT2D eigenvalue weighted by molar-refractivity contribution is 1.18. The number of aromatic nitrogens is 3. The average molecular weight is 418 g/mol. The average Bonchev–Trinajstić information content (AvgIpc) is 3.22. The molecule has 0 aliphatic carbocycles. The monoisotopic (exact) mass is 418 g/mol. The van der Waals surface area contributed by atoms with Crippen LogP contribution in [0.3, 0.4) is 0 Å². The topological polar surface area (TPSA) is 34.0 Å². The maximum Gasteiger partial charge on any atom is 0.333 e. The molecule has 4 nitrogen and oxygen atoms in total. The predicted octanol–water partition coefficient (Wildman–Crippen LogP) is 4.98. The maximum absolute atomic E-state index is 4.74. The molecular weight excluding hydrogens is 403 g/mol. The number of hydrogen-bond acceptors (Lipinski definition) is 3. The molecule has 6 aromatic rings. The van der Waals surface area contributed by atoms with Gasteiger partial charge in [-0.1, -0.05) is 54.6 Å². The van der Waals surface area contributed by atoms with Crippen LogP contribution < -0.4 is 15.8 Å². The van der Waals surface area contributed by atoms with E-state index in [9.17, 15) is 0 Å². The summed E-state index contributed by atoms with van der Waals surface area (Å²) in [5.74, 6) is 0. The summed E-state index contributed by atoms with van der Waals surface area (Å²) in [6.45, 7) is 0.121. The first-order valence-electron chi connectivity index (χ1n) is 11.3. The number of fused-ring (bicyclic) bond motifs is 3. The van der Waals surface area contributed by atoms with Crippen molar-refractivity contribution in [2.24, 2.45) is 0 Å². The molecule has 150 valence electrons. The van der Waals surface area contributed by atoms with E-state index in [0.29, 0.717) is 0 Å². The van der Waals surface area contributed by atoms with E-state index in [4.69, 9.17) is 9.97 Å². The number of rotatable bonds is 1. The molecule has 3 aliphatic heterocycles. The van der Waals surface area contributed by atoms with E-state index in [2.05, 4.69) is 88.5 Å². The van der Waals surface area contributed by atoms with Gasteiger partial charge in [0.2, 0.25) is 0 Å². The highest BCUT2D eigenvalue weighted by molar-refractivity contribution is 6.91. The zero-order valence-electron chi connectivity index (χ0n) is 17.5. The van der Waals surface area contributed by atoms with Gasteiger partial charge >= 0.3 is 6.85 Å². The minimum atomic E-state index is 0.121. The third-order valence-electron chi connectivity index (χ3n) is 7.66. The summed E-state index contributed by atoms with van der Waals surface area (Å²) >= 11 is 0. The van der Waals surface area contributed by atoms with Crippen LogP contribution in [-0.4, -0.2) is 21.3 Å². The second-order valence-corrected chi connectivity index (χ2v) is 9.09. The fraction of sp³-hybridized carbons (Fsp3) is 0. The van der Waals surface area contributed by atoms with Crippen molar-refractivity contribution < 1.29 is 0 Å². The minimum absolute atomic E-state index is 0.121. The highest BCUT2D eigenvalue weighted by atomic mass is 15.2. The first-order valence-corrected chi connectivity index (χ1v) is 11.3. The number of hydrogen-bond donors (Lipinski definition) is 0.